The Morgan fingerprint density at radius 2 is 2.05 bits per heavy atom. The molecule has 0 aliphatic rings. The van der Waals surface area contributed by atoms with Crippen molar-refractivity contribution in [3.8, 4) is 11.4 Å². The van der Waals surface area contributed by atoms with Crippen LogP contribution in [0.25, 0.3) is 16.7 Å². The summed E-state index contributed by atoms with van der Waals surface area (Å²) in [7, 11) is 1.64. The Kier molecular flexibility index (Phi) is 3.28. The summed E-state index contributed by atoms with van der Waals surface area (Å²) in [6, 6.07) is 11.7. The van der Waals surface area contributed by atoms with Crippen molar-refractivity contribution in [3.05, 3.63) is 51.8 Å². The Labute approximate surface area is 126 Å². The second-order valence-corrected chi connectivity index (χ2v) is 5.37. The van der Waals surface area contributed by atoms with E-state index in [2.05, 4.69) is 4.98 Å². The van der Waals surface area contributed by atoms with E-state index in [9.17, 15) is 0 Å². The molecule has 0 saturated heterocycles. The van der Waals surface area contributed by atoms with E-state index in [0.29, 0.717) is 9.79 Å². The number of hydrogen-bond acceptors (Lipinski definition) is 2. The predicted octanol–water partition coefficient (Wildman–Crippen LogP) is 4.66. The number of rotatable bonds is 2. The number of para-hydroxylation sites is 1. The molecule has 20 heavy (non-hydrogen) atoms. The number of nitrogens with zero attached hydrogens (tertiary/aromatic N) is 1. The number of aromatic nitrogens is 2. The fraction of sp³-hybridized carbons (Fsp3) is 0.133. The summed E-state index contributed by atoms with van der Waals surface area (Å²) >= 11 is 11.8. The summed E-state index contributed by atoms with van der Waals surface area (Å²) in [6.07, 6.45) is 0. The molecule has 0 aliphatic heterocycles. The van der Waals surface area contributed by atoms with Crippen LogP contribution >= 0.6 is 23.8 Å². The normalized spacial score (nSPS) is 10.9. The average molecular weight is 305 g/mol. The van der Waals surface area contributed by atoms with Crippen LogP contribution in [-0.4, -0.2) is 16.7 Å². The Morgan fingerprint density at radius 3 is 2.75 bits per heavy atom. The molecule has 3 aromatic rings. The number of halogens is 1. The van der Waals surface area contributed by atoms with Crippen molar-refractivity contribution in [2.75, 3.05) is 7.11 Å². The monoisotopic (exact) mass is 304 g/mol. The summed E-state index contributed by atoms with van der Waals surface area (Å²) in [5.74, 6) is 0.760. The molecule has 0 aliphatic carbocycles. The number of imidazole rings is 1. The number of aryl methyl sites for hydroxylation is 1. The minimum Gasteiger partial charge on any atom is -0.494 e. The Bertz CT molecular complexity index is 851. The number of hydrogen-bond donors (Lipinski definition) is 1. The molecule has 1 heterocycles. The molecule has 3 rings (SSSR count). The minimum atomic E-state index is 0.593. The van der Waals surface area contributed by atoms with Crippen LogP contribution in [0.1, 0.15) is 5.56 Å². The predicted molar refractivity (Wildman–Crippen MR) is 84.8 cm³/mol. The maximum absolute atomic E-state index is 6.35. The maximum atomic E-state index is 6.35. The van der Waals surface area contributed by atoms with Gasteiger partial charge in [0.15, 0.2) is 4.77 Å². The number of H-pyrrole nitrogens is 1. The largest absolute Gasteiger partial charge is 0.494 e. The van der Waals surface area contributed by atoms with Crippen molar-refractivity contribution in [1.29, 1.82) is 0 Å². The van der Waals surface area contributed by atoms with Gasteiger partial charge in [-0.3, -0.25) is 4.57 Å². The number of methoxy groups -OCH3 is 1. The summed E-state index contributed by atoms with van der Waals surface area (Å²) in [5.41, 5.74) is 3.79. The summed E-state index contributed by atoms with van der Waals surface area (Å²) in [5, 5.41) is 0.671. The van der Waals surface area contributed by atoms with E-state index in [1.807, 2.05) is 47.9 Å². The van der Waals surface area contributed by atoms with Crippen molar-refractivity contribution in [2.45, 2.75) is 6.92 Å². The zero-order valence-corrected chi connectivity index (χ0v) is 12.7. The van der Waals surface area contributed by atoms with Crippen LogP contribution in [0.4, 0.5) is 0 Å². The van der Waals surface area contributed by atoms with Crippen LogP contribution in [0.15, 0.2) is 36.4 Å². The standard InChI is InChI=1S/C15H13ClN2OS/c1-9-6-7-11(10(16)8-9)18-12-4-3-5-13(19-2)14(12)17-15(18)20/h3-8H,1-2H3,(H,17,20). The Hall–Kier alpha value is -1.78. The highest BCUT2D eigenvalue weighted by Crippen LogP contribution is 2.30. The molecular weight excluding hydrogens is 292 g/mol. The van der Waals surface area contributed by atoms with Crippen molar-refractivity contribution in [2.24, 2.45) is 0 Å². The molecule has 1 aromatic heterocycles. The van der Waals surface area contributed by atoms with E-state index in [4.69, 9.17) is 28.6 Å². The number of nitrogens with one attached hydrogen (secondary N) is 1. The van der Waals surface area contributed by atoms with Crippen LogP contribution in [0.3, 0.4) is 0 Å². The third-order valence-corrected chi connectivity index (χ3v) is 3.83. The topological polar surface area (TPSA) is 29.9 Å². The van der Waals surface area contributed by atoms with Gasteiger partial charge in [-0.1, -0.05) is 23.7 Å². The van der Waals surface area contributed by atoms with Gasteiger partial charge in [0.05, 0.1) is 23.3 Å². The zero-order valence-electron chi connectivity index (χ0n) is 11.1. The first-order valence-corrected chi connectivity index (χ1v) is 6.94. The third-order valence-electron chi connectivity index (χ3n) is 3.24. The van der Waals surface area contributed by atoms with E-state index in [1.54, 1.807) is 7.11 Å². The molecule has 3 nitrogen and oxygen atoms in total. The molecule has 0 amide bonds. The molecular formula is C15H13ClN2OS. The fourth-order valence-electron chi connectivity index (χ4n) is 2.31. The van der Waals surface area contributed by atoms with E-state index in [0.717, 1.165) is 28.0 Å². The molecule has 0 atom stereocenters. The number of aromatic amines is 1. The van der Waals surface area contributed by atoms with Gasteiger partial charge in [-0.2, -0.15) is 0 Å². The van der Waals surface area contributed by atoms with Crippen LogP contribution < -0.4 is 4.74 Å². The molecule has 0 unspecified atom stereocenters. The Balaban J connectivity index is 2.37. The molecule has 0 fully saturated rings. The highest BCUT2D eigenvalue weighted by molar-refractivity contribution is 7.71. The average Bonchev–Trinajstić information content (AvgIpc) is 2.75. The summed E-state index contributed by atoms with van der Waals surface area (Å²) < 4.78 is 7.88. The first-order chi connectivity index (χ1) is 9.61. The summed E-state index contributed by atoms with van der Waals surface area (Å²) in [4.78, 5) is 3.18. The minimum absolute atomic E-state index is 0.593. The van der Waals surface area contributed by atoms with E-state index in [-0.39, 0.29) is 0 Å². The number of fused-ring (bicyclic) bond motifs is 1. The smallest absolute Gasteiger partial charge is 0.182 e. The van der Waals surface area contributed by atoms with Crippen LogP contribution in [0.2, 0.25) is 5.02 Å². The zero-order chi connectivity index (χ0) is 14.3. The number of benzene rings is 2. The van der Waals surface area contributed by atoms with Gasteiger partial charge < -0.3 is 9.72 Å². The van der Waals surface area contributed by atoms with Gasteiger partial charge in [-0.25, -0.2) is 0 Å². The lowest BCUT2D eigenvalue weighted by Crippen LogP contribution is -1.95. The quantitative estimate of drug-likeness (QED) is 0.698. The molecule has 5 heteroatoms. The molecule has 1 N–H and O–H groups in total. The van der Waals surface area contributed by atoms with Gasteiger partial charge in [0.1, 0.15) is 11.3 Å². The first-order valence-electron chi connectivity index (χ1n) is 6.16. The summed E-state index contributed by atoms with van der Waals surface area (Å²) in [6.45, 7) is 2.01. The van der Waals surface area contributed by atoms with Gasteiger partial charge in [0.2, 0.25) is 0 Å². The van der Waals surface area contributed by atoms with Gasteiger partial charge in [0, 0.05) is 0 Å². The highest BCUT2D eigenvalue weighted by atomic mass is 35.5. The van der Waals surface area contributed by atoms with Crippen LogP contribution in [0, 0.1) is 11.7 Å². The SMILES string of the molecule is COc1cccc2c1[nH]c(=S)n2-c1ccc(C)cc1Cl. The van der Waals surface area contributed by atoms with Gasteiger partial charge >= 0.3 is 0 Å². The third kappa shape index (κ3) is 2.01. The van der Waals surface area contributed by atoms with Crippen LogP contribution in [-0.2, 0) is 0 Å². The second kappa shape index (κ2) is 4.96. The highest BCUT2D eigenvalue weighted by Gasteiger charge is 2.12. The van der Waals surface area contributed by atoms with Gasteiger partial charge in [0.25, 0.3) is 0 Å². The second-order valence-electron chi connectivity index (χ2n) is 4.57. The fourth-order valence-corrected chi connectivity index (χ4v) is 2.92. The molecule has 0 saturated carbocycles. The van der Waals surface area contributed by atoms with Crippen LogP contribution in [0.5, 0.6) is 5.75 Å². The van der Waals surface area contributed by atoms with Gasteiger partial charge in [-0.05, 0) is 49.0 Å². The lowest BCUT2D eigenvalue weighted by atomic mass is 10.2. The van der Waals surface area contributed by atoms with E-state index in [1.165, 1.54) is 0 Å². The van der Waals surface area contributed by atoms with Gasteiger partial charge in [-0.15, -0.1) is 0 Å². The first kappa shape index (κ1) is 13.2. The van der Waals surface area contributed by atoms with Crippen molar-refractivity contribution in [1.82, 2.24) is 9.55 Å². The van der Waals surface area contributed by atoms with E-state index >= 15 is 0 Å². The molecule has 102 valence electrons. The molecule has 0 radical (unpaired) electrons. The lowest BCUT2D eigenvalue weighted by Gasteiger charge is -2.08. The Morgan fingerprint density at radius 1 is 1.25 bits per heavy atom. The maximum Gasteiger partial charge on any atom is 0.182 e. The number of ether oxygens (including phenoxy) is 1. The lowest BCUT2D eigenvalue weighted by molar-refractivity contribution is 0.419. The molecule has 0 bridgehead atoms. The van der Waals surface area contributed by atoms with Crippen molar-refractivity contribution < 1.29 is 4.74 Å². The molecule has 0 spiro atoms. The molecule has 2 aromatic carbocycles. The van der Waals surface area contributed by atoms with E-state index < -0.39 is 0 Å². The van der Waals surface area contributed by atoms with Crippen molar-refractivity contribution >= 4 is 34.9 Å². The van der Waals surface area contributed by atoms with Crippen molar-refractivity contribution in [3.63, 3.8) is 0 Å².